The summed E-state index contributed by atoms with van der Waals surface area (Å²) >= 11 is 0. The lowest BCUT2D eigenvalue weighted by molar-refractivity contribution is -0.133. The third-order valence-electron chi connectivity index (χ3n) is 6.03. The van der Waals surface area contributed by atoms with Crippen molar-refractivity contribution in [2.75, 3.05) is 18.1 Å². The number of sulfonamides is 1. The normalized spacial score (nSPS) is 15.4. The van der Waals surface area contributed by atoms with Gasteiger partial charge in [-0.15, -0.1) is 5.92 Å². The summed E-state index contributed by atoms with van der Waals surface area (Å²) in [5.74, 6) is 4.82. The maximum absolute atomic E-state index is 13.8. The van der Waals surface area contributed by atoms with Gasteiger partial charge in [0.2, 0.25) is 10.0 Å². The van der Waals surface area contributed by atoms with Crippen molar-refractivity contribution in [2.45, 2.75) is 30.8 Å². The first-order valence-electron chi connectivity index (χ1n) is 12.0. The summed E-state index contributed by atoms with van der Waals surface area (Å²) in [5.41, 5.74) is 2.95. The number of hydroxylamine groups is 1. The van der Waals surface area contributed by atoms with Crippen LogP contribution < -0.4 is 15.1 Å². The zero-order valence-corrected chi connectivity index (χ0v) is 21.5. The van der Waals surface area contributed by atoms with Crippen molar-refractivity contribution in [3.8, 4) is 17.6 Å². The zero-order valence-electron chi connectivity index (χ0n) is 20.7. The van der Waals surface area contributed by atoms with Crippen molar-refractivity contribution < 1.29 is 28.0 Å². The van der Waals surface area contributed by atoms with Crippen LogP contribution in [-0.2, 0) is 21.4 Å². The largest absolute Gasteiger partial charge is 0.481 e. The minimum Gasteiger partial charge on any atom is -0.481 e. The molecule has 10 heteroatoms. The highest BCUT2D eigenvalue weighted by molar-refractivity contribution is 7.89. The Kier molecular flexibility index (Phi) is 8.43. The number of ether oxygens (including phenoxy) is 1. The average molecular weight is 534 g/mol. The van der Waals surface area contributed by atoms with Crippen LogP contribution in [0.15, 0.2) is 83.8 Å². The molecular weight excluding hydrogens is 506 g/mol. The van der Waals surface area contributed by atoms with E-state index in [1.54, 1.807) is 60.1 Å². The Morgan fingerprint density at radius 3 is 2.37 bits per heavy atom. The summed E-state index contributed by atoms with van der Waals surface area (Å²) in [7, 11) is -4.25. The molecule has 4 rings (SSSR count). The summed E-state index contributed by atoms with van der Waals surface area (Å²) in [6.45, 7) is 1.59. The Labute approximate surface area is 221 Å². The van der Waals surface area contributed by atoms with Gasteiger partial charge in [0.15, 0.2) is 0 Å². The summed E-state index contributed by atoms with van der Waals surface area (Å²) in [5, 5.41) is 9.50. The van der Waals surface area contributed by atoms with Gasteiger partial charge in [-0.1, -0.05) is 49.2 Å². The highest BCUT2D eigenvalue weighted by Gasteiger charge is 2.41. The van der Waals surface area contributed by atoms with Crippen LogP contribution >= 0.6 is 0 Å². The molecule has 1 heterocycles. The molecule has 1 aliphatic rings. The van der Waals surface area contributed by atoms with Gasteiger partial charge in [0.1, 0.15) is 18.4 Å². The molecule has 0 aliphatic carbocycles. The fraction of sp³-hybridized carbons (Fsp3) is 0.214. The lowest BCUT2D eigenvalue weighted by atomic mass is 10.1. The van der Waals surface area contributed by atoms with E-state index in [4.69, 9.17) is 4.74 Å². The monoisotopic (exact) mass is 533 g/mol. The molecule has 196 valence electrons. The number of carbonyl (C=O) groups excluding carboxylic acids is 2. The van der Waals surface area contributed by atoms with E-state index in [-0.39, 0.29) is 24.6 Å². The van der Waals surface area contributed by atoms with Gasteiger partial charge in [0.05, 0.1) is 11.4 Å². The summed E-state index contributed by atoms with van der Waals surface area (Å²) in [6, 6.07) is 19.8. The van der Waals surface area contributed by atoms with Crippen LogP contribution in [0.4, 0.5) is 5.69 Å². The van der Waals surface area contributed by atoms with E-state index in [9.17, 15) is 23.2 Å². The first kappa shape index (κ1) is 26.9. The lowest BCUT2D eigenvalue weighted by Gasteiger charge is -2.29. The number of rotatable bonds is 6. The molecule has 3 aromatic carbocycles. The number of nitrogens with zero attached hydrogens (tertiary/aromatic N) is 2. The van der Waals surface area contributed by atoms with Crippen LogP contribution in [0.3, 0.4) is 0 Å². The fourth-order valence-electron chi connectivity index (χ4n) is 4.16. The molecule has 38 heavy (non-hydrogen) atoms. The number of fused-ring (bicyclic) bond motifs is 1. The summed E-state index contributed by atoms with van der Waals surface area (Å²) in [6.07, 6.45) is 0.705. The van der Waals surface area contributed by atoms with Gasteiger partial charge in [-0.05, 0) is 48.0 Å². The van der Waals surface area contributed by atoms with E-state index in [1.165, 1.54) is 29.2 Å². The van der Waals surface area contributed by atoms with E-state index >= 15 is 0 Å². The van der Waals surface area contributed by atoms with Gasteiger partial charge in [0.25, 0.3) is 11.8 Å². The Morgan fingerprint density at radius 2 is 1.68 bits per heavy atom. The third kappa shape index (κ3) is 5.70. The standard InChI is InChI=1S/C28H27N3O6S/c1-2-3-9-18-37-23-14-16-24(17-15-23)38(35,36)31-19-22-12-7-8-13-25(22)30(20-26(31)27(32)29-34)28(33)21-10-5-4-6-11-21/h4-8,10-17,26,34H,2,18-20H2,1H3,(H,29,32). The van der Waals surface area contributed by atoms with Crippen molar-refractivity contribution in [1.29, 1.82) is 0 Å². The molecule has 2 N–H and O–H groups in total. The number of anilines is 1. The molecule has 1 atom stereocenters. The highest BCUT2D eigenvalue weighted by atomic mass is 32.2. The van der Waals surface area contributed by atoms with E-state index in [0.717, 1.165) is 4.31 Å². The minimum atomic E-state index is -4.25. The quantitative estimate of drug-likeness (QED) is 0.286. The van der Waals surface area contributed by atoms with Crippen LogP contribution in [-0.4, -0.2) is 48.9 Å². The number of benzene rings is 3. The van der Waals surface area contributed by atoms with E-state index in [0.29, 0.717) is 29.0 Å². The summed E-state index contributed by atoms with van der Waals surface area (Å²) in [4.78, 5) is 27.7. The molecular formula is C28H27N3O6S. The number of nitrogens with one attached hydrogen (secondary N) is 1. The van der Waals surface area contributed by atoms with Crippen molar-refractivity contribution in [2.24, 2.45) is 0 Å². The van der Waals surface area contributed by atoms with E-state index < -0.39 is 27.9 Å². The maximum atomic E-state index is 13.8. The third-order valence-corrected chi connectivity index (χ3v) is 7.90. The second-order valence-corrected chi connectivity index (χ2v) is 10.3. The molecule has 0 bridgehead atoms. The van der Waals surface area contributed by atoms with Crippen LogP contribution in [0.25, 0.3) is 0 Å². The Morgan fingerprint density at radius 1 is 1.00 bits per heavy atom. The van der Waals surface area contributed by atoms with E-state index in [1.807, 2.05) is 6.92 Å². The molecule has 0 aromatic heterocycles. The topological polar surface area (TPSA) is 116 Å². The molecule has 1 aliphatic heterocycles. The predicted octanol–water partition coefficient (Wildman–Crippen LogP) is 3.20. The zero-order chi connectivity index (χ0) is 27.1. The highest BCUT2D eigenvalue weighted by Crippen LogP contribution is 2.32. The van der Waals surface area contributed by atoms with Gasteiger partial charge < -0.3 is 9.64 Å². The molecule has 3 aromatic rings. The Hall–Kier alpha value is -4.17. The van der Waals surface area contributed by atoms with Crippen molar-refractivity contribution in [1.82, 2.24) is 9.79 Å². The maximum Gasteiger partial charge on any atom is 0.263 e. The lowest BCUT2D eigenvalue weighted by Crippen LogP contribution is -2.53. The Balaban J connectivity index is 1.72. The molecule has 0 spiro atoms. The average Bonchev–Trinajstić information content (AvgIpc) is 3.13. The molecule has 1 unspecified atom stereocenters. The van der Waals surface area contributed by atoms with Gasteiger partial charge in [0, 0.05) is 24.2 Å². The smallest absolute Gasteiger partial charge is 0.263 e. The van der Waals surface area contributed by atoms with Crippen molar-refractivity contribution in [3.63, 3.8) is 0 Å². The summed E-state index contributed by atoms with van der Waals surface area (Å²) < 4.78 is 34.2. The van der Waals surface area contributed by atoms with Crippen molar-refractivity contribution >= 4 is 27.5 Å². The first-order valence-corrected chi connectivity index (χ1v) is 13.4. The second-order valence-electron chi connectivity index (χ2n) is 8.42. The first-order chi connectivity index (χ1) is 18.4. The second kappa shape index (κ2) is 11.9. The molecule has 0 saturated heterocycles. The van der Waals surface area contributed by atoms with Crippen LogP contribution in [0, 0.1) is 11.8 Å². The SMILES string of the molecule is CCC#CCOc1ccc(S(=O)(=O)N2Cc3ccccc3N(C(=O)c3ccccc3)CC2C(=O)NO)cc1. The minimum absolute atomic E-state index is 0.0689. The van der Waals surface area contributed by atoms with Crippen LogP contribution in [0.5, 0.6) is 5.75 Å². The van der Waals surface area contributed by atoms with Crippen LogP contribution in [0.1, 0.15) is 29.3 Å². The molecule has 0 radical (unpaired) electrons. The number of hydrogen-bond acceptors (Lipinski definition) is 6. The number of carbonyl (C=O) groups is 2. The van der Waals surface area contributed by atoms with E-state index in [2.05, 4.69) is 11.8 Å². The molecule has 0 saturated carbocycles. The van der Waals surface area contributed by atoms with Crippen molar-refractivity contribution in [3.05, 3.63) is 90.0 Å². The predicted molar refractivity (Wildman–Crippen MR) is 141 cm³/mol. The number of amides is 2. The molecule has 9 nitrogen and oxygen atoms in total. The van der Waals surface area contributed by atoms with Gasteiger partial charge in [-0.3, -0.25) is 14.8 Å². The fourth-order valence-corrected chi connectivity index (χ4v) is 5.71. The van der Waals surface area contributed by atoms with Gasteiger partial charge in [-0.2, -0.15) is 4.31 Å². The molecule has 2 amide bonds. The van der Waals surface area contributed by atoms with Gasteiger partial charge in [-0.25, -0.2) is 13.9 Å². The molecule has 0 fully saturated rings. The Bertz CT molecular complexity index is 1460. The van der Waals surface area contributed by atoms with Gasteiger partial charge >= 0.3 is 0 Å². The van der Waals surface area contributed by atoms with Crippen LogP contribution in [0.2, 0.25) is 0 Å². The number of para-hydroxylation sites is 1. The number of hydrogen-bond donors (Lipinski definition) is 2.